The van der Waals surface area contributed by atoms with Crippen molar-refractivity contribution < 1.29 is 9.59 Å². The Morgan fingerprint density at radius 3 is 0.958 bits per heavy atom. The quantitative estimate of drug-likeness (QED) is 0.752. The summed E-state index contributed by atoms with van der Waals surface area (Å²) in [5.41, 5.74) is 4.78. The van der Waals surface area contributed by atoms with E-state index < -0.39 is 0 Å². The van der Waals surface area contributed by atoms with Gasteiger partial charge in [0.2, 0.25) is 0 Å². The highest BCUT2D eigenvalue weighted by Crippen LogP contribution is 2.05. The van der Waals surface area contributed by atoms with Crippen LogP contribution in [0.15, 0.2) is 0 Å². The maximum Gasteiger partial charge on any atom is 0.195 e. The van der Waals surface area contributed by atoms with Gasteiger partial charge in [0.25, 0.3) is 0 Å². The molecule has 2 aromatic heterocycles. The molecular weight excluding hydrogens is 304 g/mol. The fourth-order valence-corrected chi connectivity index (χ4v) is 1.77. The van der Waals surface area contributed by atoms with E-state index in [1.54, 1.807) is 0 Å². The Morgan fingerprint density at radius 1 is 0.667 bits per heavy atom. The third kappa shape index (κ3) is 6.10. The van der Waals surface area contributed by atoms with E-state index >= 15 is 0 Å². The number of aryl methyl sites for hydroxylation is 4. The molecule has 0 radical (unpaired) electrons. The van der Waals surface area contributed by atoms with Crippen LogP contribution in [0.4, 0.5) is 0 Å². The van der Waals surface area contributed by atoms with E-state index in [1.807, 2.05) is 41.8 Å². The molecule has 0 saturated heterocycles. The summed E-state index contributed by atoms with van der Waals surface area (Å²) in [6, 6.07) is 0. The van der Waals surface area contributed by atoms with Gasteiger partial charge in [-0.05, 0) is 41.5 Å². The minimum absolute atomic E-state index is 0.380. The predicted molar refractivity (Wildman–Crippen MR) is 96.2 cm³/mol. The molecule has 0 aliphatic carbocycles. The average molecular weight is 334 g/mol. The van der Waals surface area contributed by atoms with E-state index in [-0.39, 0.29) is 11.6 Å². The molecule has 0 aromatic carbocycles. The third-order valence-electron chi connectivity index (χ3n) is 4.18. The van der Waals surface area contributed by atoms with Crippen LogP contribution < -0.4 is 0 Å². The van der Waals surface area contributed by atoms with Gasteiger partial charge in [-0.1, -0.05) is 0 Å². The predicted octanol–water partition coefficient (Wildman–Crippen LogP) is 2.86. The van der Waals surface area contributed by atoms with Gasteiger partial charge in [0.1, 0.15) is 11.6 Å². The van der Waals surface area contributed by atoms with Crippen LogP contribution in [-0.4, -0.2) is 30.7 Å². The number of hydrogen-bond acceptors (Lipinski definition) is 4. The summed E-state index contributed by atoms with van der Waals surface area (Å²) in [4.78, 5) is 28.1. The minimum atomic E-state index is -0.380. The molecule has 24 heavy (non-hydrogen) atoms. The Kier molecular flexibility index (Phi) is 8.30. The summed E-state index contributed by atoms with van der Waals surface area (Å²) >= 11 is 0. The van der Waals surface area contributed by atoms with Crippen molar-refractivity contribution in [3.63, 3.8) is 0 Å². The summed E-state index contributed by atoms with van der Waals surface area (Å²) in [5.74, 6) is 1.42. The van der Waals surface area contributed by atoms with E-state index in [9.17, 15) is 9.59 Å². The molecular formula is C18H30N4O2. The van der Waals surface area contributed by atoms with Gasteiger partial charge in [-0.15, -0.1) is 0 Å². The van der Waals surface area contributed by atoms with E-state index in [1.165, 1.54) is 25.2 Å². The second-order valence-electron chi connectivity index (χ2n) is 5.89. The third-order valence-corrected chi connectivity index (χ3v) is 4.18. The zero-order valence-corrected chi connectivity index (χ0v) is 16.6. The number of carbonyl (C=O) groups is 2. The van der Waals surface area contributed by atoms with Crippen LogP contribution in [0.1, 0.15) is 48.3 Å². The molecule has 0 aliphatic rings. The zero-order chi connectivity index (χ0) is 19.2. The van der Waals surface area contributed by atoms with Crippen molar-refractivity contribution in [2.24, 2.45) is 14.1 Å². The fourth-order valence-electron chi connectivity index (χ4n) is 1.77. The maximum absolute atomic E-state index is 9.79. The monoisotopic (exact) mass is 334 g/mol. The standard InChI is InChI=1S/2C7H12N2.C4H6O2/c2*1-5-6(2)9(4)7(3)8-5;1-3(5)4(2)6/h2*1-4H3;1-2H3. The molecule has 0 atom stereocenters. The molecule has 2 rings (SSSR count). The van der Waals surface area contributed by atoms with Crippen LogP contribution in [0, 0.1) is 41.5 Å². The molecule has 6 nitrogen and oxygen atoms in total. The van der Waals surface area contributed by atoms with Crippen LogP contribution in [0.5, 0.6) is 0 Å². The second-order valence-corrected chi connectivity index (χ2v) is 5.89. The lowest BCUT2D eigenvalue weighted by molar-refractivity contribution is -0.134. The topological polar surface area (TPSA) is 69.8 Å². The second kappa shape index (κ2) is 9.15. The number of ketones is 2. The van der Waals surface area contributed by atoms with Crippen molar-refractivity contribution in [3.8, 4) is 0 Å². The van der Waals surface area contributed by atoms with Gasteiger partial charge in [-0.3, -0.25) is 9.59 Å². The van der Waals surface area contributed by atoms with E-state index in [4.69, 9.17) is 0 Å². The highest BCUT2D eigenvalue weighted by molar-refractivity contribution is 6.35. The summed E-state index contributed by atoms with van der Waals surface area (Å²) in [6.45, 7) is 14.8. The van der Waals surface area contributed by atoms with E-state index in [0.717, 1.165) is 23.0 Å². The largest absolute Gasteiger partial charge is 0.335 e. The number of Topliss-reactive ketones (excluding diaryl/α,β-unsaturated/α-hetero) is 2. The maximum atomic E-state index is 9.79. The molecule has 0 saturated carbocycles. The molecule has 0 N–H and O–H groups in total. The zero-order valence-electron chi connectivity index (χ0n) is 16.6. The molecule has 6 heteroatoms. The molecule has 0 fully saturated rings. The first-order valence-electron chi connectivity index (χ1n) is 7.84. The molecule has 0 aliphatic heterocycles. The highest BCUT2D eigenvalue weighted by atomic mass is 16.2. The Balaban J connectivity index is 0.000000340. The Morgan fingerprint density at radius 2 is 0.917 bits per heavy atom. The van der Waals surface area contributed by atoms with Crippen molar-refractivity contribution in [1.82, 2.24) is 19.1 Å². The van der Waals surface area contributed by atoms with E-state index in [2.05, 4.69) is 32.9 Å². The molecule has 2 aromatic rings. The van der Waals surface area contributed by atoms with Gasteiger partial charge in [0.05, 0.1) is 11.4 Å². The van der Waals surface area contributed by atoms with Crippen molar-refractivity contribution in [1.29, 1.82) is 0 Å². The molecule has 0 unspecified atom stereocenters. The normalized spacial score (nSPS) is 9.58. The summed E-state index contributed by atoms with van der Waals surface area (Å²) in [5, 5.41) is 0. The number of aromatic nitrogens is 4. The highest BCUT2D eigenvalue weighted by Gasteiger charge is 2.01. The first kappa shape index (κ1) is 21.8. The molecule has 2 heterocycles. The number of carbonyl (C=O) groups excluding carboxylic acids is 2. The van der Waals surface area contributed by atoms with Crippen molar-refractivity contribution in [2.75, 3.05) is 0 Å². The summed E-state index contributed by atoms with van der Waals surface area (Å²) < 4.78 is 4.19. The fraction of sp³-hybridized carbons (Fsp3) is 0.556. The lowest BCUT2D eigenvalue weighted by atomic mass is 10.3. The van der Waals surface area contributed by atoms with Crippen molar-refractivity contribution >= 4 is 11.6 Å². The Bertz CT molecular complexity index is 617. The molecule has 0 bridgehead atoms. The van der Waals surface area contributed by atoms with Gasteiger partial charge in [0, 0.05) is 39.3 Å². The van der Waals surface area contributed by atoms with Crippen LogP contribution in [0.3, 0.4) is 0 Å². The lowest BCUT2D eigenvalue weighted by Gasteiger charge is -1.94. The van der Waals surface area contributed by atoms with Crippen LogP contribution in [-0.2, 0) is 23.7 Å². The number of hydrogen-bond donors (Lipinski definition) is 0. The smallest absolute Gasteiger partial charge is 0.195 e. The minimum Gasteiger partial charge on any atom is -0.335 e. The first-order valence-corrected chi connectivity index (χ1v) is 7.84. The number of nitrogens with zero attached hydrogens (tertiary/aromatic N) is 4. The molecule has 0 spiro atoms. The van der Waals surface area contributed by atoms with Crippen LogP contribution >= 0.6 is 0 Å². The van der Waals surface area contributed by atoms with Gasteiger partial charge in [-0.25, -0.2) is 9.97 Å². The number of imidazole rings is 2. The SMILES string of the molecule is CC(=O)C(C)=O.Cc1nc(C)n(C)c1C.Cc1nc(C)n(C)c1C. The summed E-state index contributed by atoms with van der Waals surface area (Å²) in [6.07, 6.45) is 0. The lowest BCUT2D eigenvalue weighted by Crippen LogP contribution is -2.01. The Labute approximate surface area is 144 Å². The molecule has 0 amide bonds. The van der Waals surface area contributed by atoms with Gasteiger partial charge >= 0.3 is 0 Å². The van der Waals surface area contributed by atoms with E-state index in [0.29, 0.717) is 0 Å². The van der Waals surface area contributed by atoms with Crippen molar-refractivity contribution in [3.05, 3.63) is 34.4 Å². The average Bonchev–Trinajstić information content (AvgIpc) is 2.85. The molecule has 134 valence electrons. The first-order chi connectivity index (χ1) is 10.9. The van der Waals surface area contributed by atoms with Gasteiger partial charge < -0.3 is 9.13 Å². The number of rotatable bonds is 1. The van der Waals surface area contributed by atoms with Gasteiger partial charge in [0.15, 0.2) is 11.6 Å². The summed E-state index contributed by atoms with van der Waals surface area (Å²) in [7, 11) is 4.06. The van der Waals surface area contributed by atoms with Crippen molar-refractivity contribution in [2.45, 2.75) is 55.4 Å². The van der Waals surface area contributed by atoms with Gasteiger partial charge in [-0.2, -0.15) is 0 Å². The van der Waals surface area contributed by atoms with Crippen LogP contribution in [0.2, 0.25) is 0 Å². The Hall–Kier alpha value is -2.24. The van der Waals surface area contributed by atoms with Crippen LogP contribution in [0.25, 0.3) is 0 Å².